The number of hydrogen-bond acceptors (Lipinski definition) is 2. The molecule has 84 valence electrons. The third kappa shape index (κ3) is 4.43. The molecule has 0 aromatic carbocycles. The lowest BCUT2D eigenvalue weighted by atomic mass is 10.00. The van der Waals surface area contributed by atoms with Crippen LogP contribution in [-0.2, 0) is 4.74 Å². The molecule has 0 bridgehead atoms. The molecule has 0 saturated carbocycles. The summed E-state index contributed by atoms with van der Waals surface area (Å²) >= 11 is 0. The van der Waals surface area contributed by atoms with E-state index in [0.717, 1.165) is 0 Å². The van der Waals surface area contributed by atoms with Gasteiger partial charge >= 0.3 is 0 Å². The Bertz CT molecular complexity index is 139. The van der Waals surface area contributed by atoms with E-state index in [1.54, 1.807) is 0 Å². The van der Waals surface area contributed by atoms with E-state index in [1.807, 2.05) is 0 Å². The molecule has 1 aliphatic rings. The van der Waals surface area contributed by atoms with Crippen molar-refractivity contribution in [3.05, 3.63) is 0 Å². The Labute approximate surface area is 88.4 Å². The van der Waals surface area contributed by atoms with Crippen LogP contribution in [-0.4, -0.2) is 24.8 Å². The van der Waals surface area contributed by atoms with Gasteiger partial charge in [-0.15, -0.1) is 0 Å². The maximum Gasteiger partial charge on any atom is 0.0565 e. The number of hydrogen-bond donors (Lipinski definition) is 1. The summed E-state index contributed by atoms with van der Waals surface area (Å²) in [5, 5.41) is 3.64. The summed E-state index contributed by atoms with van der Waals surface area (Å²) in [6, 6.07) is 0.686. The van der Waals surface area contributed by atoms with Gasteiger partial charge in [-0.3, -0.25) is 0 Å². The second kappa shape index (κ2) is 6.41. The van der Waals surface area contributed by atoms with E-state index in [9.17, 15) is 0 Å². The molecule has 2 atom stereocenters. The van der Waals surface area contributed by atoms with Crippen LogP contribution >= 0.6 is 0 Å². The van der Waals surface area contributed by atoms with E-state index in [2.05, 4.69) is 26.1 Å². The summed E-state index contributed by atoms with van der Waals surface area (Å²) in [6.07, 6.45) is 7.19. The Kier molecular flexibility index (Phi) is 5.49. The molecule has 0 amide bonds. The van der Waals surface area contributed by atoms with Crippen LogP contribution in [0.5, 0.6) is 0 Å². The van der Waals surface area contributed by atoms with Gasteiger partial charge in [0.15, 0.2) is 0 Å². The molecule has 0 spiro atoms. The first-order valence-corrected chi connectivity index (χ1v) is 6.11. The van der Waals surface area contributed by atoms with E-state index >= 15 is 0 Å². The number of unbranched alkanes of at least 4 members (excludes halogenated alkanes) is 2. The Hall–Kier alpha value is -0.0800. The van der Waals surface area contributed by atoms with Crippen LogP contribution in [0.3, 0.4) is 0 Å². The zero-order valence-corrected chi connectivity index (χ0v) is 9.88. The summed E-state index contributed by atoms with van der Waals surface area (Å²) in [5.74, 6) is 0. The fraction of sp³-hybridized carbons (Fsp3) is 1.00. The second-order valence-corrected chi connectivity index (χ2v) is 4.59. The van der Waals surface area contributed by atoms with Crippen LogP contribution in [0.4, 0.5) is 0 Å². The SMILES string of the molecule is CCCCCNC1C[C@@H](C)O[C@H](C)C1. The van der Waals surface area contributed by atoms with Crippen LogP contribution in [0.15, 0.2) is 0 Å². The average molecular weight is 199 g/mol. The molecular formula is C12H25NO. The molecule has 1 heterocycles. The lowest BCUT2D eigenvalue weighted by molar-refractivity contribution is -0.0420. The Morgan fingerprint density at radius 3 is 2.36 bits per heavy atom. The molecule has 2 heteroatoms. The monoisotopic (exact) mass is 199 g/mol. The molecule has 0 aliphatic carbocycles. The van der Waals surface area contributed by atoms with Crippen LogP contribution in [0, 0.1) is 0 Å². The van der Waals surface area contributed by atoms with Crippen molar-refractivity contribution in [3.63, 3.8) is 0 Å². The lowest BCUT2D eigenvalue weighted by Crippen LogP contribution is -2.41. The molecule has 1 N–H and O–H groups in total. The fourth-order valence-corrected chi connectivity index (χ4v) is 2.25. The van der Waals surface area contributed by atoms with Crippen molar-refractivity contribution in [3.8, 4) is 0 Å². The van der Waals surface area contributed by atoms with Gasteiger partial charge in [0.2, 0.25) is 0 Å². The molecular weight excluding hydrogens is 174 g/mol. The van der Waals surface area contributed by atoms with Gasteiger partial charge in [0, 0.05) is 6.04 Å². The van der Waals surface area contributed by atoms with E-state index in [0.29, 0.717) is 18.2 Å². The number of ether oxygens (including phenoxy) is 1. The van der Waals surface area contributed by atoms with Gasteiger partial charge in [-0.25, -0.2) is 0 Å². The van der Waals surface area contributed by atoms with Gasteiger partial charge in [-0.2, -0.15) is 0 Å². The largest absolute Gasteiger partial charge is 0.375 e. The highest BCUT2D eigenvalue weighted by atomic mass is 16.5. The van der Waals surface area contributed by atoms with Crippen molar-refractivity contribution < 1.29 is 4.74 Å². The molecule has 1 rings (SSSR count). The van der Waals surface area contributed by atoms with Gasteiger partial charge in [0.25, 0.3) is 0 Å². The van der Waals surface area contributed by atoms with Gasteiger partial charge in [-0.05, 0) is 39.7 Å². The van der Waals surface area contributed by atoms with E-state index in [4.69, 9.17) is 4.74 Å². The predicted molar refractivity (Wildman–Crippen MR) is 60.6 cm³/mol. The maximum atomic E-state index is 5.70. The smallest absolute Gasteiger partial charge is 0.0565 e. The molecule has 1 fully saturated rings. The topological polar surface area (TPSA) is 21.3 Å². The highest BCUT2D eigenvalue weighted by molar-refractivity contribution is 4.78. The first kappa shape index (κ1) is 12.0. The molecule has 2 nitrogen and oxygen atoms in total. The van der Waals surface area contributed by atoms with E-state index < -0.39 is 0 Å². The number of nitrogens with one attached hydrogen (secondary N) is 1. The molecule has 0 aromatic rings. The molecule has 0 radical (unpaired) electrons. The Morgan fingerprint density at radius 2 is 1.79 bits per heavy atom. The van der Waals surface area contributed by atoms with E-state index in [-0.39, 0.29) is 0 Å². The first-order chi connectivity index (χ1) is 6.72. The summed E-state index contributed by atoms with van der Waals surface area (Å²) in [5.41, 5.74) is 0. The van der Waals surface area contributed by atoms with Crippen molar-refractivity contribution in [1.82, 2.24) is 5.32 Å². The van der Waals surface area contributed by atoms with Crippen molar-refractivity contribution in [2.45, 2.75) is 71.1 Å². The Balaban J connectivity index is 2.10. The second-order valence-electron chi connectivity index (χ2n) is 4.59. The third-order valence-corrected chi connectivity index (χ3v) is 2.91. The molecule has 0 unspecified atom stereocenters. The van der Waals surface area contributed by atoms with Crippen LogP contribution in [0.25, 0.3) is 0 Å². The molecule has 1 aliphatic heterocycles. The van der Waals surface area contributed by atoms with Crippen molar-refractivity contribution in [2.75, 3.05) is 6.54 Å². The lowest BCUT2D eigenvalue weighted by Gasteiger charge is -2.32. The minimum Gasteiger partial charge on any atom is -0.375 e. The summed E-state index contributed by atoms with van der Waals surface area (Å²) in [6.45, 7) is 7.78. The average Bonchev–Trinajstić information content (AvgIpc) is 2.11. The van der Waals surface area contributed by atoms with Crippen molar-refractivity contribution >= 4 is 0 Å². The normalized spacial score (nSPS) is 33.2. The van der Waals surface area contributed by atoms with Crippen LogP contribution in [0.2, 0.25) is 0 Å². The molecule has 14 heavy (non-hydrogen) atoms. The van der Waals surface area contributed by atoms with Gasteiger partial charge in [0.1, 0.15) is 0 Å². The van der Waals surface area contributed by atoms with Gasteiger partial charge < -0.3 is 10.1 Å². The van der Waals surface area contributed by atoms with Crippen molar-refractivity contribution in [2.24, 2.45) is 0 Å². The molecule has 1 saturated heterocycles. The van der Waals surface area contributed by atoms with Gasteiger partial charge in [-0.1, -0.05) is 19.8 Å². The molecule has 0 aromatic heterocycles. The van der Waals surface area contributed by atoms with E-state index in [1.165, 1.54) is 38.6 Å². The summed E-state index contributed by atoms with van der Waals surface area (Å²) < 4.78 is 5.70. The standard InChI is InChI=1S/C12H25NO/c1-4-5-6-7-13-12-8-10(2)14-11(3)9-12/h10-13H,4-9H2,1-3H3/t10-,11-/m1/s1. The summed E-state index contributed by atoms with van der Waals surface area (Å²) in [4.78, 5) is 0. The quantitative estimate of drug-likeness (QED) is 0.687. The maximum absolute atomic E-state index is 5.70. The van der Waals surface area contributed by atoms with Crippen molar-refractivity contribution in [1.29, 1.82) is 0 Å². The summed E-state index contributed by atoms with van der Waals surface area (Å²) in [7, 11) is 0. The first-order valence-electron chi connectivity index (χ1n) is 6.11. The third-order valence-electron chi connectivity index (χ3n) is 2.91. The zero-order chi connectivity index (χ0) is 10.4. The highest BCUT2D eigenvalue weighted by Gasteiger charge is 2.23. The zero-order valence-electron chi connectivity index (χ0n) is 9.88. The van der Waals surface area contributed by atoms with Crippen LogP contribution < -0.4 is 5.32 Å². The minimum atomic E-state index is 0.433. The highest BCUT2D eigenvalue weighted by Crippen LogP contribution is 2.18. The number of rotatable bonds is 5. The minimum absolute atomic E-state index is 0.433. The fourth-order valence-electron chi connectivity index (χ4n) is 2.25. The van der Waals surface area contributed by atoms with Gasteiger partial charge in [0.05, 0.1) is 12.2 Å². The Morgan fingerprint density at radius 1 is 1.14 bits per heavy atom. The predicted octanol–water partition coefficient (Wildman–Crippen LogP) is 2.72. The van der Waals surface area contributed by atoms with Crippen LogP contribution in [0.1, 0.15) is 52.9 Å².